The first-order valence-electron chi connectivity index (χ1n) is 4.30. The maximum Gasteiger partial charge on any atom is 0.111 e. The third-order valence-electron chi connectivity index (χ3n) is 2.08. The van der Waals surface area contributed by atoms with E-state index < -0.39 is 0 Å². The van der Waals surface area contributed by atoms with Crippen molar-refractivity contribution < 1.29 is 0 Å². The summed E-state index contributed by atoms with van der Waals surface area (Å²) in [6.07, 6.45) is 2.17. The third kappa shape index (κ3) is 1.91. The largest absolute Gasteiger partial charge is 0.172 e. The Hall–Kier alpha value is -0.610. The standard InChI is InChI=1S/C10H11BrN2S/c1-14-7-12-13-10(14)9-4-2-8(6-11)3-5-9/h2-5,7,14H,6H2,1H3. The molecule has 0 radical (unpaired) electrons. The number of nitrogens with zero attached hydrogens (tertiary/aromatic N) is 2. The molecule has 2 nitrogen and oxygen atoms in total. The van der Waals surface area contributed by atoms with Crippen LogP contribution in [0.3, 0.4) is 0 Å². The zero-order chi connectivity index (χ0) is 9.97. The van der Waals surface area contributed by atoms with Crippen LogP contribution < -0.4 is 0 Å². The van der Waals surface area contributed by atoms with Crippen molar-refractivity contribution in [2.24, 2.45) is 10.2 Å². The molecule has 1 aliphatic heterocycles. The van der Waals surface area contributed by atoms with Crippen LogP contribution in [0.1, 0.15) is 11.1 Å². The maximum absolute atomic E-state index is 4.15. The van der Waals surface area contributed by atoms with Gasteiger partial charge in [0.15, 0.2) is 0 Å². The Labute approximate surface area is 94.6 Å². The second-order valence-electron chi connectivity index (χ2n) is 3.10. The number of benzene rings is 1. The molecule has 4 heteroatoms. The van der Waals surface area contributed by atoms with Gasteiger partial charge < -0.3 is 0 Å². The van der Waals surface area contributed by atoms with Gasteiger partial charge in [0, 0.05) is 10.9 Å². The van der Waals surface area contributed by atoms with Crippen LogP contribution in [0.5, 0.6) is 0 Å². The molecule has 1 atom stereocenters. The quantitative estimate of drug-likeness (QED) is 0.632. The highest BCUT2D eigenvalue weighted by molar-refractivity contribution is 9.08. The number of hydrogen-bond donors (Lipinski definition) is 1. The molecule has 0 aliphatic carbocycles. The van der Waals surface area contributed by atoms with Gasteiger partial charge in [0.05, 0.1) is 5.55 Å². The minimum Gasteiger partial charge on any atom is -0.172 e. The van der Waals surface area contributed by atoms with E-state index in [1.165, 1.54) is 11.1 Å². The summed E-state index contributed by atoms with van der Waals surface area (Å²) >= 11 is 3.43. The van der Waals surface area contributed by atoms with Gasteiger partial charge >= 0.3 is 0 Å². The van der Waals surface area contributed by atoms with Crippen molar-refractivity contribution in [3.8, 4) is 0 Å². The van der Waals surface area contributed by atoms with Crippen molar-refractivity contribution >= 4 is 37.4 Å². The first-order valence-corrected chi connectivity index (χ1v) is 7.28. The Bertz CT molecular complexity index is 384. The van der Waals surface area contributed by atoms with Crippen LogP contribution >= 0.6 is 26.8 Å². The van der Waals surface area contributed by atoms with E-state index in [1.54, 1.807) is 0 Å². The molecule has 1 unspecified atom stereocenters. The highest BCUT2D eigenvalue weighted by atomic mass is 79.9. The highest BCUT2D eigenvalue weighted by Gasteiger charge is 2.11. The Kier molecular flexibility index (Phi) is 3.03. The van der Waals surface area contributed by atoms with E-state index in [4.69, 9.17) is 0 Å². The van der Waals surface area contributed by atoms with Gasteiger partial charge in [0.1, 0.15) is 5.04 Å². The van der Waals surface area contributed by atoms with E-state index >= 15 is 0 Å². The van der Waals surface area contributed by atoms with Gasteiger partial charge in [-0.1, -0.05) is 40.2 Å². The summed E-state index contributed by atoms with van der Waals surface area (Å²) in [5, 5.41) is 10.1. The fourth-order valence-electron chi connectivity index (χ4n) is 1.29. The van der Waals surface area contributed by atoms with Crippen molar-refractivity contribution in [2.75, 3.05) is 6.26 Å². The van der Waals surface area contributed by atoms with Crippen molar-refractivity contribution in [1.29, 1.82) is 0 Å². The molecule has 0 fully saturated rings. The lowest BCUT2D eigenvalue weighted by molar-refractivity contribution is 1.28. The topological polar surface area (TPSA) is 24.7 Å². The lowest BCUT2D eigenvalue weighted by atomic mass is 10.2. The second-order valence-corrected chi connectivity index (χ2v) is 5.53. The SMILES string of the molecule is C[SH]1C=NN=C1c1ccc(CBr)cc1. The molecule has 1 heterocycles. The van der Waals surface area contributed by atoms with Gasteiger partial charge in [-0.25, -0.2) is 0 Å². The van der Waals surface area contributed by atoms with Crippen LogP contribution in [0.4, 0.5) is 0 Å². The summed E-state index contributed by atoms with van der Waals surface area (Å²) in [4.78, 5) is 0. The first kappa shape index (κ1) is 9.93. The van der Waals surface area contributed by atoms with Crippen LogP contribution in [0.25, 0.3) is 0 Å². The fraction of sp³-hybridized carbons (Fsp3) is 0.200. The molecule has 0 spiro atoms. The third-order valence-corrected chi connectivity index (χ3v) is 4.19. The summed E-state index contributed by atoms with van der Waals surface area (Å²) in [6.45, 7) is 0. The lowest BCUT2D eigenvalue weighted by Gasteiger charge is -2.08. The van der Waals surface area contributed by atoms with E-state index in [-0.39, 0.29) is 10.9 Å². The van der Waals surface area contributed by atoms with E-state index in [1.807, 2.05) is 5.55 Å². The molecule has 14 heavy (non-hydrogen) atoms. The monoisotopic (exact) mass is 270 g/mol. The Morgan fingerprint density at radius 3 is 2.50 bits per heavy atom. The van der Waals surface area contributed by atoms with E-state index in [9.17, 15) is 0 Å². The molecule has 0 aromatic heterocycles. The molecule has 0 bridgehead atoms. The smallest absolute Gasteiger partial charge is 0.111 e. The van der Waals surface area contributed by atoms with Crippen LogP contribution in [-0.2, 0) is 5.33 Å². The number of halogens is 1. The number of hydrogen-bond acceptors (Lipinski definition) is 2. The van der Waals surface area contributed by atoms with Gasteiger partial charge in [0.2, 0.25) is 0 Å². The number of rotatable bonds is 2. The molecule has 0 amide bonds. The van der Waals surface area contributed by atoms with Crippen LogP contribution in [-0.4, -0.2) is 16.8 Å². The minimum absolute atomic E-state index is 0.272. The van der Waals surface area contributed by atoms with Crippen molar-refractivity contribution in [3.05, 3.63) is 35.4 Å². The molecule has 0 saturated heterocycles. The van der Waals surface area contributed by atoms with Gasteiger partial charge in [-0.05, 0) is 11.8 Å². The molecular formula is C10H11BrN2S. The van der Waals surface area contributed by atoms with Gasteiger partial charge in [-0.2, -0.15) is 16.0 Å². The number of thiol groups is 1. The highest BCUT2D eigenvalue weighted by Crippen LogP contribution is 2.28. The Morgan fingerprint density at radius 2 is 2.00 bits per heavy atom. The van der Waals surface area contributed by atoms with Gasteiger partial charge in [-0.3, -0.25) is 0 Å². The maximum atomic E-state index is 4.15. The molecule has 1 aromatic rings. The molecule has 74 valence electrons. The molecule has 1 aliphatic rings. The molecule has 1 aromatic carbocycles. The van der Waals surface area contributed by atoms with Crippen LogP contribution in [0.15, 0.2) is 34.5 Å². The summed E-state index contributed by atoms with van der Waals surface area (Å²) in [5.74, 6) is 0. The lowest BCUT2D eigenvalue weighted by Crippen LogP contribution is -1.97. The molecule has 0 saturated carbocycles. The fourth-order valence-corrected chi connectivity index (χ4v) is 2.73. The Balaban J connectivity index is 2.26. The zero-order valence-corrected chi connectivity index (χ0v) is 10.3. The van der Waals surface area contributed by atoms with E-state index in [0.717, 1.165) is 10.4 Å². The van der Waals surface area contributed by atoms with E-state index in [2.05, 4.69) is 56.7 Å². The summed E-state index contributed by atoms with van der Waals surface area (Å²) in [6, 6.07) is 8.47. The van der Waals surface area contributed by atoms with Gasteiger partial charge in [0.25, 0.3) is 0 Å². The zero-order valence-electron chi connectivity index (χ0n) is 7.81. The van der Waals surface area contributed by atoms with Gasteiger partial charge in [-0.15, -0.1) is 5.10 Å². The minimum atomic E-state index is -0.272. The average molecular weight is 271 g/mol. The summed E-state index contributed by atoms with van der Waals surface area (Å²) in [5.41, 5.74) is 4.41. The molecular weight excluding hydrogens is 260 g/mol. The summed E-state index contributed by atoms with van der Waals surface area (Å²) in [7, 11) is -0.272. The van der Waals surface area contributed by atoms with Crippen molar-refractivity contribution in [3.63, 3.8) is 0 Å². The van der Waals surface area contributed by atoms with Crippen LogP contribution in [0.2, 0.25) is 0 Å². The van der Waals surface area contributed by atoms with Crippen molar-refractivity contribution in [2.45, 2.75) is 5.33 Å². The average Bonchev–Trinajstić information content (AvgIpc) is 2.65. The van der Waals surface area contributed by atoms with Crippen LogP contribution in [0, 0.1) is 0 Å². The predicted octanol–water partition coefficient (Wildman–Crippen LogP) is 2.92. The predicted molar refractivity (Wildman–Crippen MR) is 69.0 cm³/mol. The summed E-state index contributed by atoms with van der Waals surface area (Å²) < 4.78 is 0. The molecule has 0 N–H and O–H groups in total. The van der Waals surface area contributed by atoms with Crippen molar-refractivity contribution in [1.82, 2.24) is 0 Å². The Morgan fingerprint density at radius 1 is 1.29 bits per heavy atom. The van der Waals surface area contributed by atoms with E-state index in [0.29, 0.717) is 0 Å². The second kappa shape index (κ2) is 4.28. The molecule has 2 rings (SSSR count). The normalized spacial score (nSPS) is 22.4. The first-order chi connectivity index (χ1) is 6.81. The number of alkyl halides is 1.